The second-order valence-corrected chi connectivity index (χ2v) is 8.13. The van der Waals surface area contributed by atoms with Crippen LogP contribution in [0.25, 0.3) is 0 Å². The van der Waals surface area contributed by atoms with Crippen molar-refractivity contribution < 1.29 is 8.42 Å². The number of rotatable bonds is 3. The number of sulfonamides is 1. The maximum absolute atomic E-state index is 12.3. The average molecular weight is 336 g/mol. The number of nitrogens with zero attached hydrogens (tertiary/aromatic N) is 3. The molecule has 7 heteroatoms. The first-order chi connectivity index (χ1) is 8.41. The molecule has 1 aromatic heterocycles. The lowest BCUT2D eigenvalue weighted by Gasteiger charge is -2.31. The van der Waals surface area contributed by atoms with E-state index >= 15 is 0 Å². The van der Waals surface area contributed by atoms with E-state index in [2.05, 4.69) is 27.8 Å². The van der Waals surface area contributed by atoms with Crippen molar-refractivity contribution in [3.05, 3.63) is 12.5 Å². The molecule has 1 aromatic rings. The van der Waals surface area contributed by atoms with Crippen LogP contribution in [0.4, 0.5) is 0 Å². The quantitative estimate of drug-likeness (QED) is 0.788. The third kappa shape index (κ3) is 2.78. The zero-order valence-electron chi connectivity index (χ0n) is 10.6. The number of imidazole rings is 1. The molecule has 2 heterocycles. The number of aromatic nitrogens is 2. The van der Waals surface area contributed by atoms with Crippen LogP contribution in [0.15, 0.2) is 17.6 Å². The Labute approximate surface area is 116 Å². The van der Waals surface area contributed by atoms with Crippen LogP contribution >= 0.6 is 15.9 Å². The fourth-order valence-electron chi connectivity index (χ4n) is 2.23. The maximum Gasteiger partial charge on any atom is 0.262 e. The zero-order valence-corrected chi connectivity index (χ0v) is 13.0. The van der Waals surface area contributed by atoms with Gasteiger partial charge in [-0.15, -0.1) is 0 Å². The third-order valence-corrected chi connectivity index (χ3v) is 5.97. The van der Waals surface area contributed by atoms with Crippen LogP contribution in [0.1, 0.15) is 19.8 Å². The lowest BCUT2D eigenvalue weighted by molar-refractivity contribution is 0.274. The first-order valence-electron chi connectivity index (χ1n) is 6.03. The Hall–Kier alpha value is -0.400. The van der Waals surface area contributed by atoms with Gasteiger partial charge in [-0.1, -0.05) is 22.9 Å². The summed E-state index contributed by atoms with van der Waals surface area (Å²) in [5, 5.41) is 0.148. The number of hydrogen-bond acceptors (Lipinski definition) is 3. The zero-order chi connectivity index (χ0) is 13.3. The molecule has 1 aliphatic heterocycles. The first-order valence-corrected chi connectivity index (χ1v) is 8.39. The standard InChI is InChI=1S/C11H18BrN3O2S/c1-9(12)10-3-5-15(6-4-10)18(16,17)11-7-14(2)8-13-11/h7-10H,3-6H2,1-2H3. The molecular weight excluding hydrogens is 318 g/mol. The predicted octanol–water partition coefficient (Wildman–Crippen LogP) is 1.60. The van der Waals surface area contributed by atoms with Crippen LogP contribution in [-0.2, 0) is 17.1 Å². The van der Waals surface area contributed by atoms with Crippen LogP contribution in [-0.4, -0.2) is 40.2 Å². The van der Waals surface area contributed by atoms with Gasteiger partial charge in [0.25, 0.3) is 10.0 Å². The van der Waals surface area contributed by atoms with Crippen LogP contribution < -0.4 is 0 Å². The van der Waals surface area contributed by atoms with Gasteiger partial charge in [0.05, 0.1) is 6.33 Å². The predicted molar refractivity (Wildman–Crippen MR) is 73.1 cm³/mol. The fourth-order valence-corrected chi connectivity index (χ4v) is 4.19. The van der Waals surface area contributed by atoms with Gasteiger partial charge in [0.15, 0.2) is 5.03 Å². The van der Waals surface area contributed by atoms with Crippen molar-refractivity contribution in [3.63, 3.8) is 0 Å². The Morgan fingerprint density at radius 3 is 2.50 bits per heavy atom. The second kappa shape index (κ2) is 5.30. The molecule has 2 rings (SSSR count). The molecule has 0 radical (unpaired) electrons. The molecule has 0 N–H and O–H groups in total. The molecule has 5 nitrogen and oxygen atoms in total. The molecule has 1 atom stereocenters. The van der Waals surface area contributed by atoms with Gasteiger partial charge < -0.3 is 4.57 Å². The molecule has 1 aliphatic rings. The smallest absolute Gasteiger partial charge is 0.262 e. The van der Waals surface area contributed by atoms with E-state index in [9.17, 15) is 8.42 Å². The molecule has 1 fully saturated rings. The monoisotopic (exact) mass is 335 g/mol. The fraction of sp³-hybridized carbons (Fsp3) is 0.727. The SMILES string of the molecule is CC(Br)C1CCN(S(=O)(=O)c2cn(C)cn2)CC1. The van der Waals surface area contributed by atoms with Gasteiger partial charge in [-0.2, -0.15) is 4.31 Å². The number of piperidine rings is 1. The van der Waals surface area contributed by atoms with Crippen molar-refractivity contribution >= 4 is 26.0 Å². The largest absolute Gasteiger partial charge is 0.339 e. The van der Waals surface area contributed by atoms with Crippen molar-refractivity contribution in [1.29, 1.82) is 0 Å². The van der Waals surface area contributed by atoms with Crippen molar-refractivity contribution in [1.82, 2.24) is 13.9 Å². The highest BCUT2D eigenvalue weighted by molar-refractivity contribution is 9.09. The third-order valence-electron chi connectivity index (χ3n) is 3.43. The van der Waals surface area contributed by atoms with Crippen LogP contribution in [0.5, 0.6) is 0 Å². The van der Waals surface area contributed by atoms with Crippen molar-refractivity contribution in [3.8, 4) is 0 Å². The molecule has 0 aromatic carbocycles. The minimum atomic E-state index is -3.40. The van der Waals surface area contributed by atoms with Crippen LogP contribution in [0, 0.1) is 5.92 Å². The minimum Gasteiger partial charge on any atom is -0.339 e. The summed E-state index contributed by atoms with van der Waals surface area (Å²) in [5.74, 6) is 0.556. The van der Waals surface area contributed by atoms with E-state index in [1.807, 2.05) is 0 Å². The molecule has 1 saturated heterocycles. The van der Waals surface area contributed by atoms with Gasteiger partial charge in [0, 0.05) is 31.2 Å². The number of alkyl halides is 1. The lowest BCUT2D eigenvalue weighted by Crippen LogP contribution is -2.40. The molecule has 1 unspecified atom stereocenters. The average Bonchev–Trinajstić information content (AvgIpc) is 2.76. The van der Waals surface area contributed by atoms with E-state index in [0.29, 0.717) is 23.8 Å². The van der Waals surface area contributed by atoms with Gasteiger partial charge >= 0.3 is 0 Å². The van der Waals surface area contributed by atoms with Gasteiger partial charge in [0.1, 0.15) is 0 Å². The summed E-state index contributed by atoms with van der Waals surface area (Å²) in [5.41, 5.74) is 0. The minimum absolute atomic E-state index is 0.148. The summed E-state index contributed by atoms with van der Waals surface area (Å²) in [4.78, 5) is 4.38. The molecular formula is C11H18BrN3O2S. The Morgan fingerprint density at radius 1 is 1.44 bits per heavy atom. The van der Waals surface area contributed by atoms with Crippen molar-refractivity contribution in [2.75, 3.05) is 13.1 Å². The van der Waals surface area contributed by atoms with Crippen molar-refractivity contribution in [2.45, 2.75) is 29.6 Å². The highest BCUT2D eigenvalue weighted by Gasteiger charge is 2.31. The van der Waals surface area contributed by atoms with E-state index < -0.39 is 10.0 Å². The first kappa shape index (κ1) is 14.0. The number of halogens is 1. The van der Waals surface area contributed by atoms with Gasteiger partial charge in [0.2, 0.25) is 0 Å². The van der Waals surface area contributed by atoms with Gasteiger partial charge in [-0.25, -0.2) is 13.4 Å². The van der Waals surface area contributed by atoms with E-state index in [0.717, 1.165) is 12.8 Å². The molecule has 18 heavy (non-hydrogen) atoms. The Bertz CT molecular complexity index is 504. The lowest BCUT2D eigenvalue weighted by atomic mass is 9.96. The number of aryl methyl sites for hydroxylation is 1. The summed E-state index contributed by atoms with van der Waals surface area (Å²) in [6.45, 7) is 3.28. The normalized spacial score (nSPS) is 21.1. The van der Waals surface area contributed by atoms with E-state index in [1.165, 1.54) is 6.33 Å². The van der Waals surface area contributed by atoms with Crippen LogP contribution in [0.2, 0.25) is 0 Å². The van der Waals surface area contributed by atoms with Crippen molar-refractivity contribution in [2.24, 2.45) is 13.0 Å². The van der Waals surface area contributed by atoms with E-state index in [4.69, 9.17) is 0 Å². The molecule has 0 saturated carbocycles. The topological polar surface area (TPSA) is 55.2 Å². The highest BCUT2D eigenvalue weighted by atomic mass is 79.9. The Morgan fingerprint density at radius 2 is 2.06 bits per heavy atom. The summed E-state index contributed by atoms with van der Waals surface area (Å²) >= 11 is 3.57. The molecule has 0 aliphatic carbocycles. The Balaban J connectivity index is 2.09. The summed E-state index contributed by atoms with van der Waals surface area (Å²) < 4.78 is 27.8. The highest BCUT2D eigenvalue weighted by Crippen LogP contribution is 2.27. The van der Waals surface area contributed by atoms with Gasteiger partial charge in [-0.3, -0.25) is 0 Å². The molecule has 102 valence electrons. The summed E-state index contributed by atoms with van der Waals surface area (Å²) in [7, 11) is -1.64. The maximum atomic E-state index is 12.3. The summed E-state index contributed by atoms with van der Waals surface area (Å²) in [6.07, 6.45) is 4.87. The van der Waals surface area contributed by atoms with E-state index in [-0.39, 0.29) is 5.03 Å². The molecule has 0 spiro atoms. The molecule has 0 amide bonds. The molecule has 0 bridgehead atoms. The summed E-state index contributed by atoms with van der Waals surface area (Å²) in [6, 6.07) is 0. The van der Waals surface area contributed by atoms with Crippen LogP contribution in [0.3, 0.4) is 0 Å². The van der Waals surface area contributed by atoms with Gasteiger partial charge in [-0.05, 0) is 18.8 Å². The Kier molecular flexibility index (Phi) is 4.13. The second-order valence-electron chi connectivity index (χ2n) is 4.80. The number of hydrogen-bond donors (Lipinski definition) is 0. The van der Waals surface area contributed by atoms with E-state index in [1.54, 1.807) is 22.1 Å².